The number of carbonyl (C=O) groups excluding carboxylic acids is 1. The van der Waals surface area contributed by atoms with Crippen molar-refractivity contribution in [3.8, 4) is 0 Å². The van der Waals surface area contributed by atoms with Gasteiger partial charge < -0.3 is 9.84 Å². The number of aliphatic carboxylic acids is 1. The molecule has 0 aromatic rings. The molecule has 0 fully saturated rings. The topological polar surface area (TPSA) is 63.6 Å². The van der Waals surface area contributed by atoms with Gasteiger partial charge in [0.1, 0.15) is 0 Å². The Hall–Kier alpha value is -1.06. The Balaban J connectivity index is 0. The van der Waals surface area contributed by atoms with E-state index in [9.17, 15) is 9.59 Å². The summed E-state index contributed by atoms with van der Waals surface area (Å²) in [6.07, 6.45) is 2.38. The maximum atomic E-state index is 10.3. The molecule has 0 aliphatic carbocycles. The van der Waals surface area contributed by atoms with Crippen molar-refractivity contribution >= 4 is 11.9 Å². The SMILES string of the molecule is CC.CC(=O)OCCCCCC(=O)O. The second-order valence-corrected chi connectivity index (χ2v) is 2.54. The van der Waals surface area contributed by atoms with E-state index in [1.807, 2.05) is 13.8 Å². The van der Waals surface area contributed by atoms with Crippen LogP contribution < -0.4 is 0 Å². The summed E-state index contributed by atoms with van der Waals surface area (Å²) in [4.78, 5) is 20.3. The Kier molecular flexibility index (Phi) is 13.1. The normalized spacial score (nSPS) is 8.50. The molecular formula is C10H20O4. The first kappa shape index (κ1) is 15.4. The lowest BCUT2D eigenvalue weighted by atomic mass is 10.2. The van der Waals surface area contributed by atoms with Crippen LogP contribution in [-0.4, -0.2) is 23.7 Å². The first-order chi connectivity index (χ1) is 6.63. The standard InChI is InChI=1S/C8H14O4.C2H6/c1-7(9)12-6-4-2-3-5-8(10)11;1-2/h2-6H2,1H3,(H,10,11);1-2H3. The zero-order valence-electron chi connectivity index (χ0n) is 9.21. The maximum Gasteiger partial charge on any atom is 0.303 e. The van der Waals surface area contributed by atoms with E-state index in [0.717, 1.165) is 12.8 Å². The smallest absolute Gasteiger partial charge is 0.303 e. The fourth-order valence-electron chi connectivity index (χ4n) is 0.771. The van der Waals surface area contributed by atoms with Gasteiger partial charge in [-0.2, -0.15) is 0 Å². The predicted molar refractivity (Wildman–Crippen MR) is 54.1 cm³/mol. The Labute approximate surface area is 85.3 Å². The van der Waals surface area contributed by atoms with E-state index < -0.39 is 5.97 Å². The number of rotatable bonds is 6. The summed E-state index contributed by atoms with van der Waals surface area (Å²) in [6, 6.07) is 0. The number of ether oxygens (including phenoxy) is 1. The first-order valence-corrected chi connectivity index (χ1v) is 4.98. The lowest BCUT2D eigenvalue weighted by Gasteiger charge is -1.99. The highest BCUT2D eigenvalue weighted by atomic mass is 16.5. The van der Waals surface area contributed by atoms with Crippen LogP contribution in [0.25, 0.3) is 0 Å². The molecule has 0 rings (SSSR count). The van der Waals surface area contributed by atoms with Gasteiger partial charge in [-0.15, -0.1) is 0 Å². The van der Waals surface area contributed by atoms with Crippen LogP contribution in [0.2, 0.25) is 0 Å². The summed E-state index contributed by atoms with van der Waals surface area (Å²) in [5.41, 5.74) is 0. The Morgan fingerprint density at radius 1 is 1.14 bits per heavy atom. The van der Waals surface area contributed by atoms with Crippen molar-refractivity contribution in [1.82, 2.24) is 0 Å². The molecule has 0 amide bonds. The van der Waals surface area contributed by atoms with Crippen LogP contribution in [0.15, 0.2) is 0 Å². The molecule has 0 spiro atoms. The van der Waals surface area contributed by atoms with Crippen molar-refractivity contribution < 1.29 is 19.4 Å². The Morgan fingerprint density at radius 2 is 1.71 bits per heavy atom. The number of hydrogen-bond donors (Lipinski definition) is 1. The zero-order valence-corrected chi connectivity index (χ0v) is 9.21. The molecule has 0 radical (unpaired) electrons. The van der Waals surface area contributed by atoms with Crippen LogP contribution in [-0.2, 0) is 14.3 Å². The van der Waals surface area contributed by atoms with Gasteiger partial charge in [-0.3, -0.25) is 9.59 Å². The Bertz CT molecular complexity index is 136. The van der Waals surface area contributed by atoms with E-state index in [1.54, 1.807) is 0 Å². The minimum Gasteiger partial charge on any atom is -0.481 e. The van der Waals surface area contributed by atoms with Crippen LogP contribution >= 0.6 is 0 Å². The average Bonchev–Trinajstić information content (AvgIpc) is 2.13. The molecule has 0 aliphatic rings. The highest BCUT2D eigenvalue weighted by molar-refractivity contribution is 5.66. The second kappa shape index (κ2) is 11.9. The van der Waals surface area contributed by atoms with Crippen LogP contribution in [0.1, 0.15) is 46.5 Å². The largest absolute Gasteiger partial charge is 0.481 e. The summed E-state index contributed by atoms with van der Waals surface area (Å²) >= 11 is 0. The monoisotopic (exact) mass is 204 g/mol. The highest BCUT2D eigenvalue weighted by Crippen LogP contribution is 1.99. The summed E-state index contributed by atoms with van der Waals surface area (Å²) in [5, 5.41) is 8.27. The van der Waals surface area contributed by atoms with Crippen molar-refractivity contribution in [2.75, 3.05) is 6.61 Å². The minimum atomic E-state index is -0.775. The van der Waals surface area contributed by atoms with Crippen molar-refractivity contribution in [1.29, 1.82) is 0 Å². The molecule has 1 N–H and O–H groups in total. The van der Waals surface area contributed by atoms with Gasteiger partial charge in [0.05, 0.1) is 6.61 Å². The van der Waals surface area contributed by atoms with Crippen molar-refractivity contribution in [2.45, 2.75) is 46.5 Å². The molecule has 0 aromatic carbocycles. The van der Waals surface area contributed by atoms with E-state index in [4.69, 9.17) is 5.11 Å². The van der Waals surface area contributed by atoms with Gasteiger partial charge in [0, 0.05) is 13.3 Å². The molecule has 14 heavy (non-hydrogen) atoms. The van der Waals surface area contributed by atoms with E-state index in [1.165, 1.54) is 6.92 Å². The molecule has 4 heteroatoms. The molecule has 0 saturated carbocycles. The molecule has 0 heterocycles. The first-order valence-electron chi connectivity index (χ1n) is 4.98. The second-order valence-electron chi connectivity index (χ2n) is 2.54. The fourth-order valence-corrected chi connectivity index (χ4v) is 0.771. The van der Waals surface area contributed by atoms with Gasteiger partial charge in [-0.05, 0) is 19.3 Å². The summed E-state index contributed by atoms with van der Waals surface area (Å²) in [6.45, 7) is 5.76. The van der Waals surface area contributed by atoms with Crippen LogP contribution in [0.3, 0.4) is 0 Å². The van der Waals surface area contributed by atoms with Crippen molar-refractivity contribution in [3.63, 3.8) is 0 Å². The average molecular weight is 204 g/mol. The van der Waals surface area contributed by atoms with Gasteiger partial charge in [-0.1, -0.05) is 13.8 Å². The quantitative estimate of drug-likeness (QED) is 0.532. The molecule has 0 bridgehead atoms. The lowest BCUT2D eigenvalue weighted by molar-refractivity contribution is -0.141. The van der Waals surface area contributed by atoms with Gasteiger partial charge >= 0.3 is 11.9 Å². The van der Waals surface area contributed by atoms with E-state index in [0.29, 0.717) is 13.0 Å². The predicted octanol–water partition coefficient (Wildman–Crippen LogP) is 2.22. The van der Waals surface area contributed by atoms with Gasteiger partial charge in [0.2, 0.25) is 0 Å². The number of hydrogen-bond acceptors (Lipinski definition) is 3. The van der Waals surface area contributed by atoms with Crippen molar-refractivity contribution in [2.24, 2.45) is 0 Å². The molecule has 0 saturated heterocycles. The van der Waals surface area contributed by atoms with Gasteiger partial charge in [-0.25, -0.2) is 0 Å². The Morgan fingerprint density at radius 3 is 2.14 bits per heavy atom. The number of carboxylic acid groups (broad SMARTS) is 1. The van der Waals surface area contributed by atoms with Crippen LogP contribution in [0.5, 0.6) is 0 Å². The molecule has 0 aliphatic heterocycles. The van der Waals surface area contributed by atoms with Crippen LogP contribution in [0.4, 0.5) is 0 Å². The number of carboxylic acids is 1. The van der Waals surface area contributed by atoms with E-state index in [-0.39, 0.29) is 12.4 Å². The molecule has 0 atom stereocenters. The van der Waals surface area contributed by atoms with Crippen molar-refractivity contribution in [3.05, 3.63) is 0 Å². The number of carbonyl (C=O) groups is 2. The van der Waals surface area contributed by atoms with Gasteiger partial charge in [0.15, 0.2) is 0 Å². The van der Waals surface area contributed by atoms with E-state index in [2.05, 4.69) is 4.74 Å². The van der Waals surface area contributed by atoms with Crippen LogP contribution in [0, 0.1) is 0 Å². The molecule has 4 nitrogen and oxygen atoms in total. The lowest BCUT2D eigenvalue weighted by Crippen LogP contribution is -2.01. The summed E-state index contributed by atoms with van der Waals surface area (Å²) in [7, 11) is 0. The third-order valence-corrected chi connectivity index (χ3v) is 1.34. The third kappa shape index (κ3) is 17.1. The molecular weight excluding hydrogens is 184 g/mol. The molecule has 0 aromatic heterocycles. The third-order valence-electron chi connectivity index (χ3n) is 1.34. The molecule has 84 valence electrons. The fraction of sp³-hybridized carbons (Fsp3) is 0.800. The van der Waals surface area contributed by atoms with E-state index >= 15 is 0 Å². The van der Waals surface area contributed by atoms with Gasteiger partial charge in [0.25, 0.3) is 0 Å². The molecule has 0 unspecified atom stereocenters. The summed E-state index contributed by atoms with van der Waals surface area (Å²) < 4.78 is 4.66. The zero-order chi connectivity index (χ0) is 11.4. The number of unbranched alkanes of at least 4 members (excludes halogenated alkanes) is 2. The minimum absolute atomic E-state index is 0.195. The number of esters is 1. The summed E-state index contributed by atoms with van der Waals surface area (Å²) in [5.74, 6) is -1.06. The maximum absolute atomic E-state index is 10.3. The highest BCUT2D eigenvalue weighted by Gasteiger charge is 1.97.